The van der Waals surface area contributed by atoms with Gasteiger partial charge in [0.25, 0.3) is 0 Å². The highest BCUT2D eigenvalue weighted by Crippen LogP contribution is 1.86. The van der Waals surface area contributed by atoms with Gasteiger partial charge in [0.1, 0.15) is 13.8 Å². The molecule has 0 N–H and O–H groups in total. The molecule has 0 unspecified atom stereocenters. The summed E-state index contributed by atoms with van der Waals surface area (Å²) >= 11 is 0. The maximum Gasteiger partial charge on any atom is 0.168 e. The van der Waals surface area contributed by atoms with Crippen LogP contribution in [0.5, 0.6) is 0 Å². The van der Waals surface area contributed by atoms with Gasteiger partial charge >= 0.3 is 0 Å². The summed E-state index contributed by atoms with van der Waals surface area (Å²) in [7, 11) is 1.87. The minimum Gasteiger partial charge on any atom is -0.214 e. The summed E-state index contributed by atoms with van der Waals surface area (Å²) in [5, 5.41) is 0. The molecule has 0 bridgehead atoms. The highest BCUT2D eigenvalue weighted by molar-refractivity contribution is 5.16. The molecule has 0 radical (unpaired) electrons. The van der Waals surface area contributed by atoms with Crippen LogP contribution in [0.1, 0.15) is 6.92 Å². The average molecular weight is 110 g/mol. The number of nitrogens with zero attached hydrogens (tertiary/aromatic N) is 1. The Bertz CT molecular complexity index is 115. The Morgan fingerprint density at radius 2 is 2.12 bits per heavy atom. The lowest BCUT2D eigenvalue weighted by Crippen LogP contribution is -1.87. The van der Waals surface area contributed by atoms with Gasteiger partial charge in [-0.15, -0.1) is 0 Å². The lowest BCUT2D eigenvalue weighted by atomic mass is 10.3. The van der Waals surface area contributed by atoms with Gasteiger partial charge in [-0.05, 0) is 6.92 Å². The Balaban J connectivity index is 3.67. The van der Waals surface area contributed by atoms with E-state index in [1.54, 1.807) is 4.58 Å². The maximum atomic E-state index is 3.69. The fourth-order valence-corrected chi connectivity index (χ4v) is 0.254. The molecule has 0 rings (SSSR count). The first-order chi connectivity index (χ1) is 3.63. The highest BCUT2D eigenvalue weighted by atomic mass is 14.9. The molecule has 0 aliphatic carbocycles. The van der Waals surface area contributed by atoms with Gasteiger partial charge in [-0.1, -0.05) is 12.2 Å². The van der Waals surface area contributed by atoms with Gasteiger partial charge < -0.3 is 0 Å². The summed E-state index contributed by atoms with van der Waals surface area (Å²) in [6.45, 7) is 9.25. The van der Waals surface area contributed by atoms with Crippen LogP contribution in [0.4, 0.5) is 0 Å². The molecule has 0 fully saturated rings. The van der Waals surface area contributed by atoms with Crippen molar-refractivity contribution in [1.29, 1.82) is 0 Å². The molecule has 0 heterocycles. The summed E-state index contributed by atoms with van der Waals surface area (Å²) < 4.78 is 1.73. The Morgan fingerprint density at radius 3 is 2.25 bits per heavy atom. The van der Waals surface area contributed by atoms with E-state index >= 15 is 0 Å². The molecule has 0 amide bonds. The molecule has 0 aliphatic heterocycles. The summed E-state index contributed by atoms with van der Waals surface area (Å²) in [6, 6.07) is 0. The van der Waals surface area contributed by atoms with Crippen molar-refractivity contribution in [2.45, 2.75) is 6.92 Å². The SMILES string of the molecule is C=C(C)/C=C\[N+](=C)C. The minimum atomic E-state index is 1.04. The Kier molecular flexibility index (Phi) is 2.85. The molecular formula is C7H12N+. The quantitative estimate of drug-likeness (QED) is 0.287. The molecule has 0 spiro atoms. The van der Waals surface area contributed by atoms with E-state index in [4.69, 9.17) is 0 Å². The van der Waals surface area contributed by atoms with Crippen molar-refractivity contribution in [3.8, 4) is 0 Å². The van der Waals surface area contributed by atoms with E-state index in [1.165, 1.54) is 0 Å². The van der Waals surface area contributed by atoms with Gasteiger partial charge in [0, 0.05) is 6.08 Å². The van der Waals surface area contributed by atoms with Crippen LogP contribution < -0.4 is 0 Å². The third-order valence-corrected chi connectivity index (χ3v) is 0.614. The first-order valence-electron chi connectivity index (χ1n) is 2.50. The van der Waals surface area contributed by atoms with E-state index in [1.807, 2.05) is 26.2 Å². The normalized spacial score (nSPS) is 9.75. The molecule has 0 saturated carbocycles. The van der Waals surface area contributed by atoms with Crippen molar-refractivity contribution in [3.63, 3.8) is 0 Å². The predicted molar refractivity (Wildman–Crippen MR) is 37.3 cm³/mol. The summed E-state index contributed by atoms with van der Waals surface area (Å²) in [5.41, 5.74) is 1.04. The Labute approximate surface area is 50.7 Å². The fourth-order valence-electron chi connectivity index (χ4n) is 0.254. The topological polar surface area (TPSA) is 3.01 Å². The second kappa shape index (κ2) is 3.19. The fraction of sp³-hybridized carbons (Fsp3) is 0.286. The van der Waals surface area contributed by atoms with Crippen LogP contribution in [-0.2, 0) is 0 Å². The lowest BCUT2D eigenvalue weighted by Gasteiger charge is -1.80. The zero-order valence-electron chi connectivity index (χ0n) is 5.52. The first-order valence-corrected chi connectivity index (χ1v) is 2.50. The Morgan fingerprint density at radius 1 is 1.62 bits per heavy atom. The summed E-state index contributed by atoms with van der Waals surface area (Å²) in [4.78, 5) is 0. The van der Waals surface area contributed by atoms with Crippen molar-refractivity contribution in [2.75, 3.05) is 7.05 Å². The van der Waals surface area contributed by atoms with E-state index in [0.29, 0.717) is 0 Å². The highest BCUT2D eigenvalue weighted by Gasteiger charge is 1.77. The van der Waals surface area contributed by atoms with Crippen molar-refractivity contribution < 1.29 is 4.58 Å². The van der Waals surface area contributed by atoms with Crippen LogP contribution in [0.25, 0.3) is 0 Å². The number of hydrogen-bond acceptors (Lipinski definition) is 0. The smallest absolute Gasteiger partial charge is 0.168 e. The largest absolute Gasteiger partial charge is 0.214 e. The number of rotatable bonds is 2. The molecule has 0 aromatic carbocycles. The molecule has 0 aromatic heterocycles. The Hall–Kier alpha value is -0.850. The van der Waals surface area contributed by atoms with E-state index < -0.39 is 0 Å². The van der Waals surface area contributed by atoms with E-state index in [2.05, 4.69) is 13.3 Å². The van der Waals surface area contributed by atoms with Gasteiger partial charge in [0.05, 0.1) is 0 Å². The van der Waals surface area contributed by atoms with Gasteiger partial charge in [0.15, 0.2) is 6.20 Å². The van der Waals surface area contributed by atoms with E-state index in [-0.39, 0.29) is 0 Å². The van der Waals surface area contributed by atoms with E-state index in [0.717, 1.165) is 5.57 Å². The van der Waals surface area contributed by atoms with Crippen LogP contribution in [0, 0.1) is 0 Å². The van der Waals surface area contributed by atoms with Crippen LogP contribution in [0.15, 0.2) is 24.4 Å². The standard InChI is InChI=1S/C7H12N/c1-7(2)5-6-8(3)4/h5-6H,1,3H2,2,4H3/q+1/b6-5-. The van der Waals surface area contributed by atoms with Crippen LogP contribution in [0.3, 0.4) is 0 Å². The average Bonchev–Trinajstić information content (AvgIpc) is 1.61. The first kappa shape index (κ1) is 7.15. The van der Waals surface area contributed by atoms with Crippen LogP contribution in [0.2, 0.25) is 0 Å². The number of hydrogen-bond donors (Lipinski definition) is 0. The third-order valence-electron chi connectivity index (χ3n) is 0.614. The minimum absolute atomic E-state index is 1.04. The molecule has 1 heteroatoms. The second-order valence-electron chi connectivity index (χ2n) is 1.92. The van der Waals surface area contributed by atoms with Gasteiger partial charge in [0.2, 0.25) is 0 Å². The molecule has 0 aromatic rings. The molecule has 8 heavy (non-hydrogen) atoms. The van der Waals surface area contributed by atoms with Crippen LogP contribution >= 0.6 is 0 Å². The lowest BCUT2D eigenvalue weighted by molar-refractivity contribution is -0.412. The van der Waals surface area contributed by atoms with E-state index in [9.17, 15) is 0 Å². The molecule has 44 valence electrons. The molecule has 1 nitrogen and oxygen atoms in total. The number of allylic oxidation sites excluding steroid dienone is 2. The second-order valence-corrected chi connectivity index (χ2v) is 1.92. The maximum absolute atomic E-state index is 3.69. The zero-order valence-corrected chi connectivity index (χ0v) is 5.52. The van der Waals surface area contributed by atoms with Gasteiger partial charge in [-0.3, -0.25) is 0 Å². The summed E-state index contributed by atoms with van der Waals surface area (Å²) in [5.74, 6) is 0. The van der Waals surface area contributed by atoms with Crippen molar-refractivity contribution in [2.24, 2.45) is 0 Å². The van der Waals surface area contributed by atoms with Crippen molar-refractivity contribution in [3.05, 3.63) is 24.4 Å². The van der Waals surface area contributed by atoms with Gasteiger partial charge in [-0.25, -0.2) is 4.58 Å². The monoisotopic (exact) mass is 110 g/mol. The molecular weight excluding hydrogens is 98.1 g/mol. The van der Waals surface area contributed by atoms with Crippen LogP contribution in [-0.4, -0.2) is 18.3 Å². The summed E-state index contributed by atoms with van der Waals surface area (Å²) in [6.07, 6.45) is 3.77. The third kappa shape index (κ3) is 5.15. The van der Waals surface area contributed by atoms with Gasteiger partial charge in [-0.2, -0.15) is 0 Å². The molecule has 0 saturated heterocycles. The van der Waals surface area contributed by atoms with Crippen molar-refractivity contribution in [1.82, 2.24) is 0 Å². The molecule has 0 atom stereocenters. The van der Waals surface area contributed by atoms with Crippen molar-refractivity contribution >= 4 is 6.72 Å². The predicted octanol–water partition coefficient (Wildman–Crippen LogP) is 1.42. The molecule has 0 aliphatic rings. The zero-order chi connectivity index (χ0) is 6.57.